The molecule has 0 bridgehead atoms. The van der Waals surface area contributed by atoms with Crippen LogP contribution in [0.2, 0.25) is 0 Å². The molecule has 126 valence electrons. The van der Waals surface area contributed by atoms with Crippen molar-refractivity contribution in [1.82, 2.24) is 14.9 Å². The van der Waals surface area contributed by atoms with E-state index < -0.39 is 6.04 Å². The number of amides is 1. The van der Waals surface area contributed by atoms with Crippen LogP contribution in [0, 0.1) is 6.92 Å². The molecule has 1 atom stereocenters. The van der Waals surface area contributed by atoms with Gasteiger partial charge in [-0.15, -0.1) is 0 Å². The molecule has 1 heterocycles. The van der Waals surface area contributed by atoms with Gasteiger partial charge in [0.15, 0.2) is 0 Å². The van der Waals surface area contributed by atoms with E-state index in [1.165, 1.54) is 4.57 Å². The number of aromatic nitrogens is 2. The Kier molecular flexibility index (Phi) is 4.75. The third-order valence-electron chi connectivity index (χ3n) is 4.08. The molecule has 1 amide bonds. The van der Waals surface area contributed by atoms with Gasteiger partial charge in [-0.25, -0.2) is 4.98 Å². The van der Waals surface area contributed by atoms with Gasteiger partial charge in [-0.3, -0.25) is 14.2 Å². The molecule has 1 aromatic heterocycles. The predicted octanol–water partition coefficient (Wildman–Crippen LogP) is 2.61. The smallest absolute Gasteiger partial charge is 0.256 e. The largest absolute Gasteiger partial charge is 0.338 e. The first-order chi connectivity index (χ1) is 12.1. The number of aryl methyl sites for hydroxylation is 1. The fourth-order valence-electron chi connectivity index (χ4n) is 2.69. The summed E-state index contributed by atoms with van der Waals surface area (Å²) in [5.41, 5.74) is 1.85. The van der Waals surface area contributed by atoms with Gasteiger partial charge in [-0.2, -0.15) is 0 Å². The summed E-state index contributed by atoms with van der Waals surface area (Å²) in [6, 6.07) is 18.0. The highest BCUT2D eigenvalue weighted by Gasteiger charge is 2.22. The second-order valence-electron chi connectivity index (χ2n) is 5.85. The number of nitrogens with zero attached hydrogens (tertiary/aromatic N) is 2. The Hall–Kier alpha value is -3.21. The minimum absolute atomic E-state index is 0.125. The molecule has 0 saturated carbocycles. The van der Waals surface area contributed by atoms with E-state index >= 15 is 0 Å². The minimum atomic E-state index is -0.521. The third kappa shape index (κ3) is 3.50. The van der Waals surface area contributed by atoms with Crippen LogP contribution in [0.4, 0.5) is 0 Å². The number of hydrogen-bond donors (Lipinski definition) is 1. The molecule has 0 fully saturated rings. The van der Waals surface area contributed by atoms with Crippen LogP contribution in [-0.4, -0.2) is 15.5 Å². The number of carbonyl (C=O) groups is 1. The van der Waals surface area contributed by atoms with Crippen molar-refractivity contribution in [2.24, 2.45) is 7.05 Å². The molecule has 3 aromatic rings. The van der Waals surface area contributed by atoms with Crippen LogP contribution < -0.4 is 10.9 Å². The maximum Gasteiger partial charge on any atom is 0.256 e. The minimum Gasteiger partial charge on any atom is -0.338 e. The fourth-order valence-corrected chi connectivity index (χ4v) is 2.69. The Morgan fingerprint density at radius 1 is 1.04 bits per heavy atom. The summed E-state index contributed by atoms with van der Waals surface area (Å²) < 4.78 is 1.48. The molecule has 0 aliphatic carbocycles. The van der Waals surface area contributed by atoms with Crippen molar-refractivity contribution < 1.29 is 4.79 Å². The van der Waals surface area contributed by atoms with Gasteiger partial charge >= 0.3 is 0 Å². The average Bonchev–Trinajstić information content (AvgIpc) is 2.66. The molecule has 25 heavy (non-hydrogen) atoms. The van der Waals surface area contributed by atoms with Crippen molar-refractivity contribution in [3.05, 3.63) is 99.7 Å². The summed E-state index contributed by atoms with van der Waals surface area (Å²) in [6.07, 6.45) is 1.54. The zero-order valence-electron chi connectivity index (χ0n) is 14.1. The van der Waals surface area contributed by atoms with Crippen LogP contribution in [0.5, 0.6) is 0 Å². The molecular weight excluding hydrogens is 314 g/mol. The van der Waals surface area contributed by atoms with E-state index in [1.807, 2.05) is 48.5 Å². The Morgan fingerprint density at radius 2 is 1.64 bits per heavy atom. The van der Waals surface area contributed by atoms with Crippen LogP contribution in [0.15, 0.2) is 71.7 Å². The lowest BCUT2D eigenvalue weighted by Gasteiger charge is -2.21. The first-order valence-electron chi connectivity index (χ1n) is 8.01. The molecule has 3 rings (SSSR count). The molecule has 5 nitrogen and oxygen atoms in total. The number of nitrogens with one attached hydrogen (secondary N) is 1. The van der Waals surface area contributed by atoms with Crippen molar-refractivity contribution >= 4 is 5.91 Å². The van der Waals surface area contributed by atoms with E-state index in [1.54, 1.807) is 32.3 Å². The number of carbonyl (C=O) groups excluding carboxylic acids is 1. The van der Waals surface area contributed by atoms with Crippen LogP contribution in [0.3, 0.4) is 0 Å². The highest BCUT2D eigenvalue weighted by Crippen LogP contribution is 2.20. The first kappa shape index (κ1) is 16.6. The van der Waals surface area contributed by atoms with Crippen molar-refractivity contribution in [3.63, 3.8) is 0 Å². The van der Waals surface area contributed by atoms with Gasteiger partial charge in [-0.05, 0) is 24.6 Å². The Morgan fingerprint density at radius 3 is 2.28 bits per heavy atom. The lowest BCUT2D eigenvalue weighted by atomic mass is 10.0. The SMILES string of the molecule is Cc1cnc(C(NC(=O)c2ccccc2)c2ccccc2)n(C)c1=O. The van der Waals surface area contributed by atoms with Crippen molar-refractivity contribution in [2.45, 2.75) is 13.0 Å². The number of benzene rings is 2. The maximum absolute atomic E-state index is 12.6. The number of hydrogen-bond acceptors (Lipinski definition) is 3. The van der Waals surface area contributed by atoms with Gasteiger partial charge in [0.25, 0.3) is 11.5 Å². The Labute approximate surface area is 146 Å². The van der Waals surface area contributed by atoms with Gasteiger partial charge in [-0.1, -0.05) is 48.5 Å². The van der Waals surface area contributed by atoms with E-state index in [4.69, 9.17) is 0 Å². The zero-order valence-corrected chi connectivity index (χ0v) is 14.1. The lowest BCUT2D eigenvalue weighted by molar-refractivity contribution is 0.0941. The quantitative estimate of drug-likeness (QED) is 0.798. The molecule has 0 aliphatic rings. The monoisotopic (exact) mass is 333 g/mol. The van der Waals surface area contributed by atoms with Crippen LogP contribution >= 0.6 is 0 Å². The average molecular weight is 333 g/mol. The first-order valence-corrected chi connectivity index (χ1v) is 8.01. The summed E-state index contributed by atoms with van der Waals surface area (Å²) in [6.45, 7) is 1.72. The van der Waals surface area contributed by atoms with Crippen LogP contribution in [0.25, 0.3) is 0 Å². The zero-order chi connectivity index (χ0) is 17.8. The van der Waals surface area contributed by atoms with Crippen molar-refractivity contribution in [2.75, 3.05) is 0 Å². The fraction of sp³-hybridized carbons (Fsp3) is 0.150. The van der Waals surface area contributed by atoms with Gasteiger partial charge in [0, 0.05) is 24.4 Å². The van der Waals surface area contributed by atoms with Crippen molar-refractivity contribution in [1.29, 1.82) is 0 Å². The van der Waals surface area contributed by atoms with Gasteiger partial charge in [0.1, 0.15) is 11.9 Å². The van der Waals surface area contributed by atoms with Gasteiger partial charge in [0.2, 0.25) is 0 Å². The number of rotatable bonds is 4. The molecule has 1 N–H and O–H groups in total. The van der Waals surface area contributed by atoms with Crippen LogP contribution in [-0.2, 0) is 7.05 Å². The molecule has 0 saturated heterocycles. The third-order valence-corrected chi connectivity index (χ3v) is 4.08. The van der Waals surface area contributed by atoms with E-state index in [0.717, 1.165) is 5.56 Å². The topological polar surface area (TPSA) is 64.0 Å². The molecule has 0 spiro atoms. The standard InChI is InChI=1S/C20H19N3O2/c1-14-13-21-18(23(2)20(14)25)17(15-9-5-3-6-10-15)22-19(24)16-11-7-4-8-12-16/h3-13,17H,1-2H3,(H,22,24). The molecular formula is C20H19N3O2. The predicted molar refractivity (Wildman–Crippen MR) is 96.4 cm³/mol. The summed E-state index contributed by atoms with van der Waals surface area (Å²) in [5.74, 6) is 0.273. The Bertz CT molecular complexity index is 934. The Balaban J connectivity index is 2.04. The lowest BCUT2D eigenvalue weighted by Crippen LogP contribution is -2.35. The van der Waals surface area contributed by atoms with Crippen LogP contribution in [0.1, 0.15) is 33.4 Å². The highest BCUT2D eigenvalue weighted by molar-refractivity contribution is 5.94. The second-order valence-corrected chi connectivity index (χ2v) is 5.85. The highest BCUT2D eigenvalue weighted by atomic mass is 16.2. The second kappa shape index (κ2) is 7.13. The summed E-state index contributed by atoms with van der Waals surface area (Å²) in [7, 11) is 1.67. The molecule has 0 aliphatic heterocycles. The molecule has 2 aromatic carbocycles. The van der Waals surface area contributed by atoms with E-state index in [0.29, 0.717) is 17.0 Å². The van der Waals surface area contributed by atoms with E-state index in [9.17, 15) is 9.59 Å². The van der Waals surface area contributed by atoms with E-state index in [2.05, 4.69) is 10.3 Å². The van der Waals surface area contributed by atoms with Gasteiger partial charge in [0.05, 0.1) is 0 Å². The molecule has 1 unspecified atom stereocenters. The van der Waals surface area contributed by atoms with E-state index in [-0.39, 0.29) is 11.5 Å². The molecule has 0 radical (unpaired) electrons. The normalized spacial score (nSPS) is 11.8. The summed E-state index contributed by atoms with van der Waals surface area (Å²) in [4.78, 5) is 29.3. The summed E-state index contributed by atoms with van der Waals surface area (Å²) in [5, 5.41) is 2.99. The molecule has 5 heteroatoms. The van der Waals surface area contributed by atoms with Crippen molar-refractivity contribution in [3.8, 4) is 0 Å². The maximum atomic E-state index is 12.6. The van der Waals surface area contributed by atoms with Gasteiger partial charge < -0.3 is 5.32 Å². The summed E-state index contributed by atoms with van der Waals surface area (Å²) >= 11 is 0.